The minimum Gasteiger partial charge on any atom is -0.490 e. The Bertz CT molecular complexity index is 1080. The first kappa shape index (κ1) is 25.5. The van der Waals surface area contributed by atoms with Crippen molar-refractivity contribution in [3.05, 3.63) is 52.5 Å². The normalized spacial score (nSPS) is 11.0. The molecule has 2 N–H and O–H groups in total. The number of carbonyl (C=O) groups is 2. The van der Waals surface area contributed by atoms with E-state index in [2.05, 4.69) is 21.8 Å². The van der Waals surface area contributed by atoms with Gasteiger partial charge in [0.25, 0.3) is 0 Å². The van der Waals surface area contributed by atoms with Crippen molar-refractivity contribution in [1.82, 2.24) is 5.43 Å². The van der Waals surface area contributed by atoms with E-state index in [0.717, 1.165) is 18.2 Å². The van der Waals surface area contributed by atoms with Crippen LogP contribution in [0.1, 0.15) is 24.5 Å². The number of alkyl halides is 3. The zero-order valence-electron chi connectivity index (χ0n) is 17.3. The number of rotatable bonds is 9. The fourth-order valence-corrected chi connectivity index (χ4v) is 2.80. The van der Waals surface area contributed by atoms with Crippen LogP contribution in [0.5, 0.6) is 11.5 Å². The summed E-state index contributed by atoms with van der Waals surface area (Å²) in [6.07, 6.45) is 1.24. The van der Waals surface area contributed by atoms with Crippen LogP contribution < -0.4 is 20.2 Å². The van der Waals surface area contributed by atoms with Crippen LogP contribution in [0.3, 0.4) is 0 Å². The van der Waals surface area contributed by atoms with Crippen LogP contribution in [0.25, 0.3) is 0 Å². The number of nitrogens with one attached hydrogen (secondary N) is 2. The van der Waals surface area contributed by atoms with Crippen LogP contribution >= 0.6 is 11.6 Å². The van der Waals surface area contributed by atoms with Crippen molar-refractivity contribution in [1.29, 1.82) is 0 Å². The van der Waals surface area contributed by atoms with Crippen LogP contribution in [0.4, 0.5) is 18.9 Å². The van der Waals surface area contributed by atoms with Crippen molar-refractivity contribution in [3.63, 3.8) is 0 Å². The SMILES string of the molecule is C#CCOc1c(Cl)cc(C=NNC(=O)CC(=O)Nc2cccc(C(F)(F)F)c2)cc1OCC. The molecule has 0 aliphatic rings. The minimum absolute atomic E-state index is 0.00808. The molecule has 0 aromatic heterocycles. The summed E-state index contributed by atoms with van der Waals surface area (Å²) in [6, 6.07) is 7.13. The third kappa shape index (κ3) is 8.05. The van der Waals surface area contributed by atoms with Gasteiger partial charge in [-0.25, -0.2) is 5.43 Å². The summed E-state index contributed by atoms with van der Waals surface area (Å²) in [4.78, 5) is 23.8. The van der Waals surface area contributed by atoms with Crippen molar-refractivity contribution in [2.45, 2.75) is 19.5 Å². The lowest BCUT2D eigenvalue weighted by Gasteiger charge is -2.12. The molecule has 0 heterocycles. The number of terminal acetylenes is 1. The molecule has 11 heteroatoms. The van der Waals surface area contributed by atoms with Crippen molar-refractivity contribution >= 4 is 35.3 Å². The molecule has 2 aromatic rings. The average Bonchev–Trinajstić information content (AvgIpc) is 2.73. The Hall–Kier alpha value is -3.71. The molecule has 0 aliphatic heterocycles. The van der Waals surface area contributed by atoms with Crippen molar-refractivity contribution < 1.29 is 32.2 Å². The molecule has 0 aliphatic carbocycles. The maximum atomic E-state index is 12.7. The second-order valence-corrected chi connectivity index (χ2v) is 6.76. The second kappa shape index (κ2) is 11.8. The predicted molar refractivity (Wildman–Crippen MR) is 117 cm³/mol. The van der Waals surface area contributed by atoms with Crippen molar-refractivity contribution in [2.24, 2.45) is 5.10 Å². The van der Waals surface area contributed by atoms with E-state index in [4.69, 9.17) is 27.5 Å². The van der Waals surface area contributed by atoms with Crippen LogP contribution in [0, 0.1) is 12.3 Å². The number of amides is 2. The van der Waals surface area contributed by atoms with E-state index in [-0.39, 0.29) is 23.1 Å². The molecular formula is C22H19ClF3N3O4. The smallest absolute Gasteiger partial charge is 0.416 e. The summed E-state index contributed by atoms with van der Waals surface area (Å²) >= 11 is 6.19. The molecule has 0 radical (unpaired) electrons. The molecule has 0 fully saturated rings. The maximum absolute atomic E-state index is 12.7. The van der Waals surface area contributed by atoms with Crippen LogP contribution in [-0.2, 0) is 15.8 Å². The van der Waals surface area contributed by atoms with Gasteiger partial charge in [0.05, 0.1) is 23.4 Å². The Kier molecular flexibility index (Phi) is 9.12. The molecule has 0 atom stereocenters. The van der Waals surface area contributed by atoms with Gasteiger partial charge < -0.3 is 14.8 Å². The Morgan fingerprint density at radius 2 is 1.97 bits per heavy atom. The van der Waals surface area contributed by atoms with Gasteiger partial charge in [-0.15, -0.1) is 6.42 Å². The highest BCUT2D eigenvalue weighted by Gasteiger charge is 2.30. The largest absolute Gasteiger partial charge is 0.490 e. The first-order chi connectivity index (χ1) is 15.6. The third-order valence-corrected chi connectivity index (χ3v) is 4.11. The summed E-state index contributed by atoms with van der Waals surface area (Å²) in [7, 11) is 0. The Morgan fingerprint density at radius 3 is 2.64 bits per heavy atom. The van der Waals surface area contributed by atoms with Gasteiger partial charge in [-0.2, -0.15) is 18.3 Å². The number of ether oxygens (including phenoxy) is 2. The van der Waals surface area contributed by atoms with E-state index in [9.17, 15) is 22.8 Å². The number of hydrogen-bond donors (Lipinski definition) is 2. The highest BCUT2D eigenvalue weighted by Crippen LogP contribution is 2.36. The molecule has 0 bridgehead atoms. The van der Waals surface area contributed by atoms with Crippen LogP contribution in [0.15, 0.2) is 41.5 Å². The van der Waals surface area contributed by atoms with Gasteiger partial charge in [0.1, 0.15) is 13.0 Å². The highest BCUT2D eigenvalue weighted by atomic mass is 35.5. The first-order valence-electron chi connectivity index (χ1n) is 9.45. The zero-order chi connectivity index (χ0) is 24.4. The molecule has 7 nitrogen and oxygen atoms in total. The van der Waals surface area contributed by atoms with Gasteiger partial charge in [0, 0.05) is 5.69 Å². The number of hydrazone groups is 1. The van der Waals surface area contributed by atoms with Gasteiger partial charge in [-0.05, 0) is 42.8 Å². The van der Waals surface area contributed by atoms with E-state index >= 15 is 0 Å². The highest BCUT2D eigenvalue weighted by molar-refractivity contribution is 6.32. The third-order valence-electron chi connectivity index (χ3n) is 3.83. The molecule has 2 rings (SSSR count). The Morgan fingerprint density at radius 1 is 1.21 bits per heavy atom. The first-order valence-corrected chi connectivity index (χ1v) is 9.83. The van der Waals surface area contributed by atoms with Crippen molar-refractivity contribution in [2.75, 3.05) is 18.5 Å². The standard InChI is InChI=1S/C22H19ClF3N3O4/c1-3-8-33-21-17(23)9-14(10-18(21)32-4-2)13-27-29-20(31)12-19(30)28-16-7-5-6-15(11-16)22(24,25)26/h1,5-7,9-11,13H,4,8,12H2,2H3,(H,28,30)(H,29,31). The van der Waals surface area contributed by atoms with Gasteiger partial charge in [-0.1, -0.05) is 23.6 Å². The number of hydrogen-bond acceptors (Lipinski definition) is 5. The molecule has 174 valence electrons. The second-order valence-electron chi connectivity index (χ2n) is 6.35. The minimum atomic E-state index is -4.55. The number of carbonyl (C=O) groups excluding carboxylic acids is 2. The summed E-state index contributed by atoms with van der Waals surface area (Å²) in [6.45, 7) is 2.09. The molecule has 0 saturated heterocycles. The summed E-state index contributed by atoms with van der Waals surface area (Å²) in [5.74, 6) is 1.33. The summed E-state index contributed by atoms with van der Waals surface area (Å²) < 4.78 is 49.1. The fourth-order valence-electron chi connectivity index (χ4n) is 2.52. The van der Waals surface area contributed by atoms with Gasteiger partial charge in [-0.3, -0.25) is 9.59 Å². The molecule has 2 aromatic carbocycles. The van der Waals surface area contributed by atoms with E-state index in [1.54, 1.807) is 13.0 Å². The van der Waals surface area contributed by atoms with E-state index in [1.165, 1.54) is 18.3 Å². The van der Waals surface area contributed by atoms with E-state index in [0.29, 0.717) is 17.9 Å². The fraction of sp³-hybridized carbons (Fsp3) is 0.227. The molecule has 33 heavy (non-hydrogen) atoms. The Labute approximate surface area is 192 Å². The molecule has 0 spiro atoms. The van der Waals surface area contributed by atoms with E-state index < -0.39 is 30.0 Å². The maximum Gasteiger partial charge on any atom is 0.416 e. The number of anilines is 1. The average molecular weight is 482 g/mol. The van der Waals surface area contributed by atoms with Crippen LogP contribution in [-0.4, -0.2) is 31.2 Å². The number of halogens is 4. The van der Waals surface area contributed by atoms with Gasteiger partial charge in [0.2, 0.25) is 11.8 Å². The monoisotopic (exact) mass is 481 g/mol. The van der Waals surface area contributed by atoms with Crippen molar-refractivity contribution in [3.8, 4) is 23.8 Å². The topological polar surface area (TPSA) is 89.0 Å². The zero-order valence-corrected chi connectivity index (χ0v) is 18.1. The van der Waals surface area contributed by atoms with Crippen LogP contribution in [0.2, 0.25) is 5.02 Å². The molecule has 0 saturated carbocycles. The molecule has 0 unspecified atom stereocenters. The van der Waals surface area contributed by atoms with E-state index in [1.807, 2.05) is 0 Å². The summed E-state index contributed by atoms with van der Waals surface area (Å²) in [5.41, 5.74) is 1.61. The number of benzene rings is 2. The molecular weight excluding hydrogens is 463 g/mol. The van der Waals surface area contributed by atoms with Gasteiger partial charge >= 0.3 is 6.18 Å². The Balaban J connectivity index is 1.97. The quantitative estimate of drug-likeness (QED) is 0.242. The lowest BCUT2D eigenvalue weighted by molar-refractivity contribution is -0.137. The molecule has 2 amide bonds. The lowest BCUT2D eigenvalue weighted by Crippen LogP contribution is -2.24. The number of nitrogens with zero attached hydrogens (tertiary/aromatic N) is 1. The summed E-state index contributed by atoms with van der Waals surface area (Å²) in [5, 5.41) is 6.19. The van der Waals surface area contributed by atoms with Gasteiger partial charge in [0.15, 0.2) is 11.5 Å². The predicted octanol–water partition coefficient (Wildman–Crippen LogP) is 4.25. The lowest BCUT2D eigenvalue weighted by atomic mass is 10.2.